The Hall–Kier alpha value is -2.69. The molecule has 0 radical (unpaired) electrons. The van der Waals surface area contributed by atoms with Crippen molar-refractivity contribution in [3.63, 3.8) is 0 Å². The summed E-state index contributed by atoms with van der Waals surface area (Å²) < 4.78 is 48.4. The molecule has 0 spiro atoms. The standard InChI is InChI=1S/C26H28N2O5S2/c29-26(27-20-14-15-28(17-20)16-19-8-3-1-4-9-19)22-12-7-13-23-25(22)24(18-34(23,30)31)35(32,33)21-10-5-2-6-11-21/h1-13,20,24,30-31H,14-18H2,(H,27,29). The van der Waals surface area contributed by atoms with Gasteiger partial charge in [-0.25, -0.2) is 8.42 Å². The Morgan fingerprint density at radius 3 is 2.37 bits per heavy atom. The van der Waals surface area contributed by atoms with Gasteiger partial charge in [0.15, 0.2) is 9.84 Å². The van der Waals surface area contributed by atoms with Crippen LogP contribution in [0.4, 0.5) is 0 Å². The molecule has 3 aromatic rings. The van der Waals surface area contributed by atoms with Crippen LogP contribution >= 0.6 is 10.6 Å². The van der Waals surface area contributed by atoms with Crippen LogP contribution in [0.2, 0.25) is 0 Å². The number of rotatable bonds is 6. The molecule has 1 fully saturated rings. The van der Waals surface area contributed by atoms with Gasteiger partial charge in [0.1, 0.15) is 5.25 Å². The van der Waals surface area contributed by atoms with Crippen molar-refractivity contribution in [2.75, 3.05) is 18.8 Å². The first-order valence-electron chi connectivity index (χ1n) is 11.5. The van der Waals surface area contributed by atoms with E-state index in [0.717, 1.165) is 19.5 Å². The molecule has 3 N–H and O–H groups in total. The number of benzene rings is 3. The van der Waals surface area contributed by atoms with Crippen LogP contribution in [-0.4, -0.2) is 53.2 Å². The maximum atomic E-state index is 13.5. The molecule has 2 heterocycles. The predicted octanol–water partition coefficient (Wildman–Crippen LogP) is 4.33. The van der Waals surface area contributed by atoms with E-state index in [2.05, 4.69) is 22.3 Å². The van der Waals surface area contributed by atoms with Crippen LogP contribution in [0.25, 0.3) is 0 Å². The van der Waals surface area contributed by atoms with Gasteiger partial charge >= 0.3 is 0 Å². The average Bonchev–Trinajstić information content (AvgIpc) is 3.41. The molecule has 184 valence electrons. The van der Waals surface area contributed by atoms with Crippen LogP contribution in [0.15, 0.2) is 88.7 Å². The van der Waals surface area contributed by atoms with Crippen molar-refractivity contribution >= 4 is 26.3 Å². The highest BCUT2D eigenvalue weighted by molar-refractivity contribution is 8.25. The van der Waals surface area contributed by atoms with Crippen molar-refractivity contribution in [1.29, 1.82) is 0 Å². The second-order valence-corrected chi connectivity index (χ2v) is 13.3. The van der Waals surface area contributed by atoms with E-state index in [4.69, 9.17) is 0 Å². The molecular formula is C26H28N2O5S2. The van der Waals surface area contributed by atoms with E-state index in [-0.39, 0.29) is 32.7 Å². The minimum atomic E-state index is -3.94. The van der Waals surface area contributed by atoms with Gasteiger partial charge in [-0.05, 0) is 36.2 Å². The normalized spacial score (nSPS) is 22.5. The fourth-order valence-electron chi connectivity index (χ4n) is 4.96. The Balaban J connectivity index is 1.39. The summed E-state index contributed by atoms with van der Waals surface area (Å²) in [7, 11) is -7.28. The van der Waals surface area contributed by atoms with Gasteiger partial charge in [0, 0.05) is 36.8 Å². The average molecular weight is 513 g/mol. The van der Waals surface area contributed by atoms with Crippen LogP contribution in [-0.2, 0) is 16.4 Å². The van der Waals surface area contributed by atoms with Gasteiger partial charge in [-0.2, -0.15) is 10.6 Å². The van der Waals surface area contributed by atoms with E-state index in [0.29, 0.717) is 6.54 Å². The number of amides is 1. The lowest BCUT2D eigenvalue weighted by Gasteiger charge is -2.27. The number of nitrogens with zero attached hydrogens (tertiary/aromatic N) is 1. The third-order valence-corrected chi connectivity index (χ3v) is 10.8. The first-order valence-corrected chi connectivity index (χ1v) is 14.8. The van der Waals surface area contributed by atoms with Crippen molar-refractivity contribution in [1.82, 2.24) is 10.2 Å². The van der Waals surface area contributed by atoms with Crippen molar-refractivity contribution in [2.24, 2.45) is 0 Å². The number of likely N-dealkylation sites (tertiary alicyclic amines) is 1. The molecular weight excluding hydrogens is 484 g/mol. The van der Waals surface area contributed by atoms with Crippen molar-refractivity contribution < 1.29 is 22.3 Å². The topological polar surface area (TPSA) is 107 Å². The molecule has 2 aliphatic heterocycles. The highest BCUT2D eigenvalue weighted by Crippen LogP contribution is 2.62. The van der Waals surface area contributed by atoms with Crippen LogP contribution in [0.5, 0.6) is 0 Å². The lowest BCUT2D eigenvalue weighted by molar-refractivity contribution is 0.0936. The van der Waals surface area contributed by atoms with Crippen LogP contribution < -0.4 is 5.32 Å². The van der Waals surface area contributed by atoms with Crippen molar-refractivity contribution in [2.45, 2.75) is 34.0 Å². The van der Waals surface area contributed by atoms with Crippen LogP contribution in [0.3, 0.4) is 0 Å². The van der Waals surface area contributed by atoms with Crippen molar-refractivity contribution in [3.8, 4) is 0 Å². The van der Waals surface area contributed by atoms with Crippen molar-refractivity contribution in [3.05, 3.63) is 95.6 Å². The maximum Gasteiger partial charge on any atom is 0.251 e. The largest absolute Gasteiger partial charge is 0.348 e. The summed E-state index contributed by atoms with van der Waals surface area (Å²) in [6.45, 7) is 2.33. The Kier molecular flexibility index (Phi) is 6.45. The predicted molar refractivity (Wildman–Crippen MR) is 136 cm³/mol. The summed E-state index contributed by atoms with van der Waals surface area (Å²) in [4.78, 5) is 15.9. The van der Waals surface area contributed by atoms with Gasteiger partial charge in [0.25, 0.3) is 5.91 Å². The molecule has 0 aromatic heterocycles. The minimum Gasteiger partial charge on any atom is -0.348 e. The summed E-state index contributed by atoms with van der Waals surface area (Å²) in [5.74, 6) is -0.739. The second-order valence-electron chi connectivity index (χ2n) is 9.08. The molecule has 9 heteroatoms. The van der Waals surface area contributed by atoms with E-state index in [1.807, 2.05) is 18.2 Å². The number of sulfone groups is 1. The zero-order valence-corrected chi connectivity index (χ0v) is 20.7. The Morgan fingerprint density at radius 1 is 0.971 bits per heavy atom. The Morgan fingerprint density at radius 2 is 1.66 bits per heavy atom. The monoisotopic (exact) mass is 512 g/mol. The summed E-state index contributed by atoms with van der Waals surface area (Å²) in [5.41, 5.74) is 1.60. The number of carbonyl (C=O) groups excluding carboxylic acids is 1. The maximum absolute atomic E-state index is 13.5. The molecule has 2 unspecified atom stereocenters. The second kappa shape index (κ2) is 9.40. The van der Waals surface area contributed by atoms with E-state index in [1.165, 1.54) is 23.8 Å². The summed E-state index contributed by atoms with van der Waals surface area (Å²) >= 11 is 0. The van der Waals surface area contributed by atoms with Gasteiger partial charge in [-0.1, -0.05) is 54.6 Å². The molecule has 2 atom stereocenters. The zero-order chi connectivity index (χ0) is 24.6. The van der Waals surface area contributed by atoms with Gasteiger partial charge < -0.3 is 5.32 Å². The van der Waals surface area contributed by atoms with E-state index in [9.17, 15) is 22.3 Å². The number of nitrogens with one attached hydrogen (secondary N) is 1. The number of hydrogen-bond acceptors (Lipinski definition) is 6. The quantitative estimate of drug-likeness (QED) is 0.454. The summed E-state index contributed by atoms with van der Waals surface area (Å²) in [6.07, 6.45) is 0.786. The first-order chi connectivity index (χ1) is 16.8. The molecule has 2 aliphatic rings. The molecule has 1 amide bonds. The molecule has 35 heavy (non-hydrogen) atoms. The summed E-state index contributed by atoms with van der Waals surface area (Å²) in [5, 5.41) is 1.85. The highest BCUT2D eigenvalue weighted by Gasteiger charge is 2.45. The lowest BCUT2D eigenvalue weighted by Crippen LogP contribution is -2.37. The minimum absolute atomic E-state index is 0.0759. The van der Waals surface area contributed by atoms with Crippen LogP contribution in [0, 0.1) is 0 Å². The summed E-state index contributed by atoms with van der Waals surface area (Å²) in [6, 6.07) is 22.7. The number of fused-ring (bicyclic) bond motifs is 1. The third kappa shape index (κ3) is 4.74. The SMILES string of the molecule is O=C(NC1CCN(Cc2ccccc2)C1)c1cccc2c1C(S(=O)(=O)c1ccccc1)CS2(O)O. The van der Waals surface area contributed by atoms with Gasteiger partial charge in [-0.3, -0.25) is 18.8 Å². The van der Waals surface area contributed by atoms with E-state index in [1.54, 1.807) is 30.3 Å². The highest BCUT2D eigenvalue weighted by atomic mass is 32.3. The fraction of sp³-hybridized carbons (Fsp3) is 0.269. The lowest BCUT2D eigenvalue weighted by atomic mass is 10.0. The van der Waals surface area contributed by atoms with Crippen LogP contribution in [0.1, 0.15) is 33.2 Å². The first kappa shape index (κ1) is 24.0. The molecule has 0 bridgehead atoms. The number of carbonyl (C=O) groups is 1. The third-order valence-electron chi connectivity index (χ3n) is 6.67. The zero-order valence-electron chi connectivity index (χ0n) is 19.1. The molecule has 0 saturated carbocycles. The molecule has 0 aliphatic carbocycles. The Bertz CT molecular complexity index is 1330. The molecule has 5 rings (SSSR count). The van der Waals surface area contributed by atoms with E-state index >= 15 is 0 Å². The molecule has 1 saturated heterocycles. The van der Waals surface area contributed by atoms with Gasteiger partial charge in [0.05, 0.1) is 15.5 Å². The molecule has 3 aromatic carbocycles. The van der Waals surface area contributed by atoms with Gasteiger partial charge in [-0.15, -0.1) is 0 Å². The smallest absolute Gasteiger partial charge is 0.251 e. The molecule has 7 nitrogen and oxygen atoms in total. The fourth-order valence-corrected chi connectivity index (χ4v) is 9.42. The number of hydrogen-bond donors (Lipinski definition) is 3. The van der Waals surface area contributed by atoms with Gasteiger partial charge in [0.2, 0.25) is 0 Å². The van der Waals surface area contributed by atoms with E-state index < -0.39 is 31.6 Å². The Labute approximate surface area is 207 Å².